The molecular formula is C12H17BrN4O2. The number of carbonyl (C=O) groups excluding carboxylic acids is 1. The van der Waals surface area contributed by atoms with E-state index in [9.17, 15) is 4.79 Å². The van der Waals surface area contributed by atoms with E-state index in [4.69, 9.17) is 12.7 Å². The molecule has 7 heteroatoms. The van der Waals surface area contributed by atoms with E-state index in [-0.39, 0.29) is 26.3 Å². The van der Waals surface area contributed by atoms with Crippen LogP contribution in [0.5, 0.6) is 0 Å². The summed E-state index contributed by atoms with van der Waals surface area (Å²) in [5, 5.41) is 13.1. The third-order valence-corrected chi connectivity index (χ3v) is 2.89. The van der Waals surface area contributed by atoms with E-state index in [0.29, 0.717) is 10.2 Å². The van der Waals surface area contributed by atoms with Crippen molar-refractivity contribution in [2.75, 3.05) is 7.02 Å². The maximum Gasteiger partial charge on any atom is 0.410 e. The van der Waals surface area contributed by atoms with Crippen LogP contribution in [0.1, 0.15) is 34.9 Å². The van der Waals surface area contributed by atoms with Crippen LogP contribution < -0.4 is 0 Å². The normalized spacial score (nSPS) is 12.4. The van der Waals surface area contributed by atoms with Gasteiger partial charge in [0.25, 0.3) is 0 Å². The van der Waals surface area contributed by atoms with Crippen molar-refractivity contribution >= 4 is 22.0 Å². The molecule has 1 rings (SSSR count). The third-order valence-electron chi connectivity index (χ3n) is 2.06. The van der Waals surface area contributed by atoms with Crippen molar-refractivity contribution in [1.82, 2.24) is 14.7 Å². The van der Waals surface area contributed by atoms with Crippen LogP contribution in [0.15, 0.2) is 4.47 Å². The molecule has 0 unspecified atom stereocenters. The summed E-state index contributed by atoms with van der Waals surface area (Å²) in [6.07, 6.45) is -0.622. The smallest absolute Gasteiger partial charge is 0.410 e. The highest BCUT2D eigenvalue weighted by atomic mass is 79.9. The van der Waals surface area contributed by atoms with Crippen LogP contribution >= 0.6 is 15.9 Å². The van der Waals surface area contributed by atoms with Crippen LogP contribution in [-0.2, 0) is 18.3 Å². The second-order valence-electron chi connectivity index (χ2n) is 4.90. The molecule has 1 amide bonds. The molecule has 0 aromatic carbocycles. The zero-order valence-corrected chi connectivity index (χ0v) is 12.7. The number of rotatable bonds is 2. The predicted molar refractivity (Wildman–Crippen MR) is 73.3 cm³/mol. The molecule has 0 aliphatic carbocycles. The van der Waals surface area contributed by atoms with E-state index in [2.05, 4.69) is 21.0 Å². The number of hydrogen-bond acceptors (Lipinski definition) is 4. The quantitative estimate of drug-likeness (QED) is 0.834. The van der Waals surface area contributed by atoms with Crippen molar-refractivity contribution in [3.63, 3.8) is 0 Å². The molecule has 104 valence electrons. The van der Waals surface area contributed by atoms with E-state index in [0.717, 1.165) is 4.90 Å². The van der Waals surface area contributed by atoms with Gasteiger partial charge in [0, 0.05) is 16.8 Å². The summed E-state index contributed by atoms with van der Waals surface area (Å²) in [7, 11) is -0.494. The van der Waals surface area contributed by atoms with E-state index in [1.807, 2.05) is 6.07 Å². The van der Waals surface area contributed by atoms with Crippen molar-refractivity contribution in [2.45, 2.75) is 32.9 Å². The molecule has 0 radical (unpaired) electrons. The second kappa shape index (κ2) is 5.61. The Balaban J connectivity index is 2.95. The van der Waals surface area contributed by atoms with E-state index >= 15 is 0 Å². The molecule has 0 atom stereocenters. The molecule has 0 bridgehead atoms. The van der Waals surface area contributed by atoms with Crippen LogP contribution in [0.4, 0.5) is 4.79 Å². The summed E-state index contributed by atoms with van der Waals surface area (Å²) in [5.41, 5.74) is -0.0221. The number of aromatic nitrogens is 2. The molecule has 0 N–H and O–H groups in total. The zero-order chi connectivity index (χ0) is 16.2. The Bertz CT molecular complexity index is 563. The number of nitrogens with zero attached hydrogens (tertiary/aromatic N) is 4. The van der Waals surface area contributed by atoms with Gasteiger partial charge in [0.1, 0.15) is 11.7 Å². The molecule has 1 aromatic heterocycles. The van der Waals surface area contributed by atoms with E-state index in [1.54, 1.807) is 20.8 Å². The Morgan fingerprint density at radius 2 is 2.37 bits per heavy atom. The fourth-order valence-corrected chi connectivity index (χ4v) is 1.77. The highest BCUT2D eigenvalue weighted by molar-refractivity contribution is 9.10. The van der Waals surface area contributed by atoms with Gasteiger partial charge >= 0.3 is 6.09 Å². The number of aryl methyl sites for hydroxylation is 1. The van der Waals surface area contributed by atoms with Crippen molar-refractivity contribution in [3.8, 4) is 6.07 Å². The average molecular weight is 331 g/mol. The summed E-state index contributed by atoms with van der Waals surface area (Å²) >= 11 is 3.24. The Morgan fingerprint density at radius 3 is 2.79 bits per heavy atom. The van der Waals surface area contributed by atoms with Crippen molar-refractivity contribution in [3.05, 3.63) is 15.9 Å². The second-order valence-corrected chi connectivity index (χ2v) is 5.69. The lowest BCUT2D eigenvalue weighted by Crippen LogP contribution is -2.34. The Kier molecular flexibility index (Phi) is 3.69. The van der Waals surface area contributed by atoms with Gasteiger partial charge < -0.3 is 9.64 Å². The van der Waals surface area contributed by atoms with Gasteiger partial charge in [-0.15, -0.1) is 0 Å². The highest BCUT2D eigenvalue weighted by Gasteiger charge is 2.22. The predicted octanol–water partition coefficient (Wildman–Crippen LogP) is 2.42. The molecule has 1 aromatic rings. The number of amides is 1. The molecule has 6 nitrogen and oxygen atoms in total. The molecule has 0 saturated carbocycles. The molecule has 1 heterocycles. The molecule has 0 saturated heterocycles. The van der Waals surface area contributed by atoms with Gasteiger partial charge in [-0.3, -0.25) is 4.68 Å². The standard InChI is InChI=1S/C12H17BrN4O2/c1-12(2,3)19-11(18)16(4)7-8-10(13)9(6-14)17(5)15-8/h7H2,1-5H3/i4D,5D. The van der Waals surface area contributed by atoms with E-state index in [1.165, 1.54) is 4.68 Å². The summed E-state index contributed by atoms with van der Waals surface area (Å²) < 4.78 is 21.6. The molecule has 0 aliphatic rings. The zero-order valence-electron chi connectivity index (χ0n) is 13.1. The van der Waals surface area contributed by atoms with Gasteiger partial charge in [-0.05, 0) is 36.7 Å². The lowest BCUT2D eigenvalue weighted by atomic mass is 10.2. The molecule has 0 fully saturated rings. The van der Waals surface area contributed by atoms with Gasteiger partial charge in [-0.25, -0.2) is 4.79 Å². The first kappa shape index (κ1) is 12.5. The first-order valence-electron chi connectivity index (χ1n) is 6.86. The minimum atomic E-state index is -0.653. The fraction of sp³-hybridized carbons (Fsp3) is 0.583. The number of carbonyl (C=O) groups is 1. The van der Waals surface area contributed by atoms with Gasteiger partial charge in [0.2, 0.25) is 0 Å². The minimum absolute atomic E-state index is 0.0284. The van der Waals surface area contributed by atoms with Crippen LogP contribution in [0, 0.1) is 11.3 Å². The number of ether oxygens (including phenoxy) is 1. The molecule has 0 spiro atoms. The summed E-state index contributed by atoms with van der Waals surface area (Å²) in [5.74, 6) is 0. The molecular weight excluding hydrogens is 312 g/mol. The fourth-order valence-electron chi connectivity index (χ4n) is 1.27. The maximum atomic E-state index is 12.0. The molecule has 19 heavy (non-hydrogen) atoms. The van der Waals surface area contributed by atoms with Gasteiger partial charge in [-0.2, -0.15) is 10.4 Å². The largest absolute Gasteiger partial charge is 0.444 e. The third kappa shape index (κ3) is 3.96. The SMILES string of the molecule is [2H]CN(Cc1nn(C[2H])c(C#N)c1Br)C(=O)OC(C)(C)C. The molecule has 0 aliphatic heterocycles. The maximum absolute atomic E-state index is 12.0. The summed E-state index contributed by atoms with van der Waals surface area (Å²) in [6.45, 7) is 5.25. The van der Waals surface area contributed by atoms with Crippen LogP contribution in [0.2, 0.25) is 0 Å². The van der Waals surface area contributed by atoms with Gasteiger partial charge in [0.05, 0.1) is 16.7 Å². The summed E-state index contributed by atoms with van der Waals surface area (Å²) in [4.78, 5) is 13.1. The lowest BCUT2D eigenvalue weighted by Gasteiger charge is -2.24. The average Bonchev–Trinajstić information content (AvgIpc) is 2.69. The van der Waals surface area contributed by atoms with E-state index < -0.39 is 11.7 Å². The first-order valence-corrected chi connectivity index (χ1v) is 6.24. The van der Waals surface area contributed by atoms with Crippen LogP contribution in [-0.4, -0.2) is 33.4 Å². The number of hydrogen-bond donors (Lipinski definition) is 0. The van der Waals surface area contributed by atoms with Crippen molar-refractivity contribution in [2.24, 2.45) is 7.02 Å². The van der Waals surface area contributed by atoms with Crippen LogP contribution in [0.25, 0.3) is 0 Å². The van der Waals surface area contributed by atoms with Crippen molar-refractivity contribution in [1.29, 1.82) is 5.26 Å². The Hall–Kier alpha value is -1.55. The van der Waals surface area contributed by atoms with Gasteiger partial charge in [0.15, 0.2) is 5.69 Å². The van der Waals surface area contributed by atoms with Crippen LogP contribution in [0.3, 0.4) is 0 Å². The Morgan fingerprint density at radius 1 is 1.68 bits per heavy atom. The van der Waals surface area contributed by atoms with Crippen molar-refractivity contribution < 1.29 is 12.3 Å². The topological polar surface area (TPSA) is 71.2 Å². The monoisotopic (exact) mass is 330 g/mol. The summed E-state index contributed by atoms with van der Waals surface area (Å²) in [6, 6.07) is 1.95. The lowest BCUT2D eigenvalue weighted by molar-refractivity contribution is 0.0282. The first-order chi connectivity index (χ1) is 9.73. The number of halogens is 1. The van der Waals surface area contributed by atoms with Gasteiger partial charge in [-0.1, -0.05) is 0 Å². The minimum Gasteiger partial charge on any atom is -0.444 e. The number of nitriles is 1. The highest BCUT2D eigenvalue weighted by Crippen LogP contribution is 2.21. The Labute approximate surface area is 123 Å².